The lowest BCUT2D eigenvalue weighted by atomic mass is 10.2. The molecule has 0 spiro atoms. The average molecular weight is 324 g/mol. The van der Waals surface area contributed by atoms with Gasteiger partial charge in [0.05, 0.1) is 0 Å². The molecule has 1 amide bonds. The van der Waals surface area contributed by atoms with Crippen LogP contribution in [0.5, 0.6) is 5.75 Å². The van der Waals surface area contributed by atoms with Crippen molar-refractivity contribution in [3.8, 4) is 5.75 Å². The van der Waals surface area contributed by atoms with Gasteiger partial charge in [-0.25, -0.2) is 0 Å². The summed E-state index contributed by atoms with van der Waals surface area (Å²) in [5, 5.41) is 1.29. The van der Waals surface area contributed by atoms with Gasteiger partial charge in [0.25, 0.3) is 5.91 Å². The van der Waals surface area contributed by atoms with Crippen LogP contribution in [-0.4, -0.2) is 24.5 Å². The minimum atomic E-state index is -0.107. The maximum absolute atomic E-state index is 12.0. The molecule has 0 aliphatic rings. The Hall–Kier alpha value is -1.71. The molecule has 0 aromatic heterocycles. The Labute approximate surface area is 134 Å². The van der Waals surface area contributed by atoms with Crippen molar-refractivity contribution >= 4 is 29.1 Å². The molecule has 2 aromatic carbocycles. The normalized spacial score (nSPS) is 10.2. The van der Waals surface area contributed by atoms with Crippen LogP contribution in [-0.2, 0) is 11.3 Å². The van der Waals surface area contributed by atoms with E-state index in [2.05, 4.69) is 0 Å². The number of benzene rings is 2. The average Bonchev–Trinajstić information content (AvgIpc) is 2.46. The van der Waals surface area contributed by atoms with Crippen LogP contribution in [0.25, 0.3) is 0 Å². The second-order valence-corrected chi connectivity index (χ2v) is 5.50. The third-order valence-corrected chi connectivity index (χ3v) is 3.40. The van der Waals surface area contributed by atoms with Crippen molar-refractivity contribution in [3.05, 3.63) is 64.1 Å². The van der Waals surface area contributed by atoms with Crippen molar-refractivity contribution in [2.45, 2.75) is 6.54 Å². The predicted octanol–water partition coefficient (Wildman–Crippen LogP) is 4.03. The molecule has 0 unspecified atom stereocenters. The summed E-state index contributed by atoms with van der Waals surface area (Å²) in [5.74, 6) is 0.508. The van der Waals surface area contributed by atoms with Gasteiger partial charge in [0.15, 0.2) is 6.61 Å². The Bertz CT molecular complexity index is 614. The van der Waals surface area contributed by atoms with E-state index in [9.17, 15) is 4.79 Å². The van der Waals surface area contributed by atoms with Crippen molar-refractivity contribution in [1.82, 2.24) is 4.90 Å². The number of likely N-dealkylation sites (N-methyl/N-ethyl adjacent to an activating group) is 1. The highest BCUT2D eigenvalue weighted by Crippen LogP contribution is 2.16. The molecule has 110 valence electrons. The molecular formula is C16H15Cl2NO2. The Kier molecular flexibility index (Phi) is 5.48. The van der Waals surface area contributed by atoms with Crippen molar-refractivity contribution < 1.29 is 9.53 Å². The molecule has 2 aromatic rings. The lowest BCUT2D eigenvalue weighted by molar-refractivity contribution is -0.132. The zero-order valence-corrected chi connectivity index (χ0v) is 13.1. The number of carbonyl (C=O) groups excluding carboxylic acids is 1. The lowest BCUT2D eigenvalue weighted by Gasteiger charge is -2.17. The SMILES string of the molecule is CN(Cc1cccc(Cl)c1)C(=O)COc1ccc(Cl)cc1. The van der Waals surface area contributed by atoms with E-state index < -0.39 is 0 Å². The molecule has 0 N–H and O–H groups in total. The first-order chi connectivity index (χ1) is 10.0. The summed E-state index contributed by atoms with van der Waals surface area (Å²) in [6.07, 6.45) is 0. The minimum Gasteiger partial charge on any atom is -0.484 e. The summed E-state index contributed by atoms with van der Waals surface area (Å²) in [5.41, 5.74) is 0.977. The first-order valence-electron chi connectivity index (χ1n) is 6.41. The monoisotopic (exact) mass is 323 g/mol. The van der Waals surface area contributed by atoms with Gasteiger partial charge in [0.1, 0.15) is 5.75 Å². The highest BCUT2D eigenvalue weighted by molar-refractivity contribution is 6.30. The quantitative estimate of drug-likeness (QED) is 0.831. The summed E-state index contributed by atoms with van der Waals surface area (Å²) >= 11 is 11.7. The van der Waals surface area contributed by atoms with Crippen molar-refractivity contribution in [3.63, 3.8) is 0 Å². The van der Waals surface area contributed by atoms with Gasteiger partial charge in [0.2, 0.25) is 0 Å². The molecule has 0 radical (unpaired) electrons. The summed E-state index contributed by atoms with van der Waals surface area (Å²) in [6, 6.07) is 14.3. The van der Waals surface area contributed by atoms with E-state index >= 15 is 0 Å². The largest absolute Gasteiger partial charge is 0.484 e. The van der Waals surface area contributed by atoms with Crippen LogP contribution in [0.2, 0.25) is 10.0 Å². The number of halogens is 2. The van der Waals surface area contributed by atoms with Crippen LogP contribution in [0.3, 0.4) is 0 Å². The third-order valence-electron chi connectivity index (χ3n) is 2.91. The molecule has 0 bridgehead atoms. The summed E-state index contributed by atoms with van der Waals surface area (Å²) in [6.45, 7) is 0.474. The number of amides is 1. The maximum Gasteiger partial charge on any atom is 0.260 e. The summed E-state index contributed by atoms with van der Waals surface area (Å²) in [7, 11) is 1.73. The van der Waals surface area contributed by atoms with Crippen LogP contribution in [0.15, 0.2) is 48.5 Å². The van der Waals surface area contributed by atoms with E-state index in [0.29, 0.717) is 22.3 Å². The van der Waals surface area contributed by atoms with Gasteiger partial charge >= 0.3 is 0 Å². The number of carbonyl (C=O) groups is 1. The van der Waals surface area contributed by atoms with Crippen molar-refractivity contribution in [2.75, 3.05) is 13.7 Å². The Morgan fingerprint density at radius 2 is 1.81 bits per heavy atom. The molecule has 0 aliphatic heterocycles. The second kappa shape index (κ2) is 7.34. The van der Waals surface area contributed by atoms with E-state index in [0.717, 1.165) is 5.56 Å². The smallest absolute Gasteiger partial charge is 0.260 e. The number of hydrogen-bond donors (Lipinski definition) is 0. The third kappa shape index (κ3) is 4.96. The molecule has 0 atom stereocenters. The predicted molar refractivity (Wildman–Crippen MR) is 84.9 cm³/mol. The molecule has 21 heavy (non-hydrogen) atoms. The van der Waals surface area contributed by atoms with Crippen LogP contribution >= 0.6 is 23.2 Å². The molecule has 2 rings (SSSR count). The van der Waals surface area contributed by atoms with Crippen molar-refractivity contribution in [2.24, 2.45) is 0 Å². The van der Waals surface area contributed by atoms with Gasteiger partial charge in [-0.1, -0.05) is 35.3 Å². The van der Waals surface area contributed by atoms with Gasteiger partial charge in [-0.3, -0.25) is 4.79 Å². The molecule has 0 heterocycles. The van der Waals surface area contributed by atoms with E-state index in [1.165, 1.54) is 0 Å². The number of nitrogens with zero attached hydrogens (tertiary/aromatic N) is 1. The van der Waals surface area contributed by atoms with Gasteiger partial charge in [-0.2, -0.15) is 0 Å². The molecule has 0 aliphatic carbocycles. The molecule has 3 nitrogen and oxygen atoms in total. The maximum atomic E-state index is 12.0. The van der Waals surface area contributed by atoms with Crippen LogP contribution in [0.1, 0.15) is 5.56 Å². The molecule has 0 saturated heterocycles. The first kappa shape index (κ1) is 15.7. The molecular weight excluding hydrogens is 309 g/mol. The fourth-order valence-electron chi connectivity index (χ4n) is 1.78. The highest BCUT2D eigenvalue weighted by Gasteiger charge is 2.10. The molecule has 0 fully saturated rings. The van der Waals surface area contributed by atoms with Gasteiger partial charge in [-0.05, 0) is 42.0 Å². The topological polar surface area (TPSA) is 29.5 Å². The van der Waals surface area contributed by atoms with Crippen LogP contribution < -0.4 is 4.74 Å². The Morgan fingerprint density at radius 3 is 2.48 bits per heavy atom. The minimum absolute atomic E-state index is 0.0152. The second-order valence-electron chi connectivity index (χ2n) is 4.62. The zero-order chi connectivity index (χ0) is 15.2. The number of hydrogen-bond acceptors (Lipinski definition) is 2. The number of rotatable bonds is 5. The Morgan fingerprint density at radius 1 is 1.10 bits per heavy atom. The molecule has 5 heteroatoms. The highest BCUT2D eigenvalue weighted by atomic mass is 35.5. The van der Waals surface area contributed by atoms with Crippen LogP contribution in [0.4, 0.5) is 0 Å². The van der Waals surface area contributed by atoms with E-state index in [1.54, 1.807) is 42.3 Å². The zero-order valence-electron chi connectivity index (χ0n) is 11.6. The lowest BCUT2D eigenvalue weighted by Crippen LogP contribution is -2.30. The van der Waals surface area contributed by atoms with Crippen LogP contribution in [0, 0.1) is 0 Å². The van der Waals surface area contributed by atoms with Gasteiger partial charge in [0, 0.05) is 23.6 Å². The first-order valence-corrected chi connectivity index (χ1v) is 7.17. The van der Waals surface area contributed by atoms with Gasteiger partial charge < -0.3 is 9.64 Å². The number of ether oxygens (including phenoxy) is 1. The summed E-state index contributed by atoms with van der Waals surface area (Å²) < 4.78 is 5.43. The van der Waals surface area contributed by atoms with E-state index in [1.807, 2.05) is 18.2 Å². The Balaban J connectivity index is 1.86. The van der Waals surface area contributed by atoms with E-state index in [4.69, 9.17) is 27.9 Å². The molecule has 0 saturated carbocycles. The fraction of sp³-hybridized carbons (Fsp3) is 0.188. The standard InChI is InChI=1S/C16H15Cl2NO2/c1-19(10-12-3-2-4-14(18)9-12)16(20)11-21-15-7-5-13(17)6-8-15/h2-9H,10-11H2,1H3. The summed E-state index contributed by atoms with van der Waals surface area (Å²) in [4.78, 5) is 13.6. The van der Waals surface area contributed by atoms with E-state index in [-0.39, 0.29) is 12.5 Å². The van der Waals surface area contributed by atoms with Gasteiger partial charge in [-0.15, -0.1) is 0 Å². The fourth-order valence-corrected chi connectivity index (χ4v) is 2.12. The van der Waals surface area contributed by atoms with Crippen molar-refractivity contribution in [1.29, 1.82) is 0 Å².